The Bertz CT molecular complexity index is 916. The van der Waals surface area contributed by atoms with Crippen LogP contribution in [0.4, 0.5) is 5.69 Å². The van der Waals surface area contributed by atoms with Crippen LogP contribution in [0.1, 0.15) is 25.8 Å². The number of carbonyl (C=O) groups is 1. The summed E-state index contributed by atoms with van der Waals surface area (Å²) in [7, 11) is 0. The van der Waals surface area contributed by atoms with Crippen molar-refractivity contribution in [3.8, 4) is 11.5 Å². The van der Waals surface area contributed by atoms with Gasteiger partial charge in [0.05, 0.1) is 0 Å². The molecule has 0 aliphatic carbocycles. The van der Waals surface area contributed by atoms with Crippen LogP contribution in [0.25, 0.3) is 22.6 Å². The maximum atomic E-state index is 11.3. The van der Waals surface area contributed by atoms with Crippen LogP contribution in [0.15, 0.2) is 46.9 Å². The van der Waals surface area contributed by atoms with Gasteiger partial charge >= 0.3 is 0 Å². The lowest BCUT2D eigenvalue weighted by molar-refractivity contribution is -0.119. The van der Waals surface area contributed by atoms with E-state index in [2.05, 4.69) is 28.6 Å². The summed E-state index contributed by atoms with van der Waals surface area (Å²) in [6, 6.07) is 13.6. The third kappa shape index (κ3) is 4.03. The van der Waals surface area contributed by atoms with Gasteiger partial charge in [-0.2, -0.15) is 0 Å². The molecule has 2 aromatic carbocycles. The van der Waals surface area contributed by atoms with E-state index in [1.54, 1.807) is 6.92 Å². The van der Waals surface area contributed by atoms with E-state index in [9.17, 15) is 4.79 Å². The predicted molar refractivity (Wildman–Crippen MR) is 103 cm³/mol. The van der Waals surface area contributed by atoms with Crippen molar-refractivity contribution in [3.05, 3.63) is 48.0 Å². The van der Waals surface area contributed by atoms with Crippen LogP contribution in [0.2, 0.25) is 0 Å². The van der Waals surface area contributed by atoms with E-state index < -0.39 is 0 Å². The van der Waals surface area contributed by atoms with Gasteiger partial charge in [-0.1, -0.05) is 19.9 Å². The second kappa shape index (κ2) is 7.44. The fraction of sp³-hybridized carbons (Fsp3) is 0.211. The van der Waals surface area contributed by atoms with Gasteiger partial charge in [0, 0.05) is 17.7 Å². The number of amides is 1. The molecule has 0 spiro atoms. The van der Waals surface area contributed by atoms with E-state index >= 15 is 0 Å². The fourth-order valence-corrected chi connectivity index (χ4v) is 2.62. The van der Waals surface area contributed by atoms with Gasteiger partial charge in [-0.05, 0) is 60.6 Å². The van der Waals surface area contributed by atoms with Crippen LogP contribution < -0.4 is 10.6 Å². The predicted octanol–water partition coefficient (Wildman–Crippen LogP) is 4.28. The Morgan fingerprint density at radius 3 is 2.60 bits per heavy atom. The van der Waals surface area contributed by atoms with Gasteiger partial charge in [-0.25, -0.2) is 4.98 Å². The molecule has 0 radical (unpaired) electrons. The highest BCUT2D eigenvalue weighted by Gasteiger charge is 2.09. The standard InChI is InChI=1S/C19H19N3O2S/c1-3-12-5-10-16-15(11-12)21-18(24-16)13-6-8-14(9-7-13)20-19(25)22-17(23)4-2/h5-11H,3-4H2,1-2H3,(H2,20,22,23,25). The Morgan fingerprint density at radius 2 is 1.92 bits per heavy atom. The first kappa shape index (κ1) is 17.1. The second-order valence-corrected chi connectivity index (χ2v) is 6.02. The Hall–Kier alpha value is -2.73. The van der Waals surface area contributed by atoms with Gasteiger partial charge in [0.15, 0.2) is 10.7 Å². The molecule has 0 aliphatic rings. The molecule has 5 nitrogen and oxygen atoms in total. The number of hydrogen-bond donors (Lipinski definition) is 2. The van der Waals surface area contributed by atoms with Crippen molar-refractivity contribution in [2.75, 3.05) is 5.32 Å². The summed E-state index contributed by atoms with van der Waals surface area (Å²) < 4.78 is 5.83. The molecule has 0 fully saturated rings. The number of nitrogens with zero attached hydrogens (tertiary/aromatic N) is 1. The maximum Gasteiger partial charge on any atom is 0.227 e. The van der Waals surface area contributed by atoms with Crippen LogP contribution in [0.5, 0.6) is 0 Å². The number of nitrogens with one attached hydrogen (secondary N) is 2. The van der Waals surface area contributed by atoms with E-state index in [4.69, 9.17) is 16.6 Å². The third-order valence-corrected chi connectivity index (χ3v) is 4.03. The second-order valence-electron chi connectivity index (χ2n) is 5.61. The molecule has 128 valence electrons. The minimum Gasteiger partial charge on any atom is -0.436 e. The molecule has 0 bridgehead atoms. The van der Waals surface area contributed by atoms with Gasteiger partial charge < -0.3 is 15.1 Å². The summed E-state index contributed by atoms with van der Waals surface area (Å²) in [6.07, 6.45) is 1.35. The van der Waals surface area contributed by atoms with Gasteiger partial charge in [-0.3, -0.25) is 4.79 Å². The van der Waals surface area contributed by atoms with Crippen LogP contribution >= 0.6 is 12.2 Å². The molecule has 2 N–H and O–H groups in total. The number of benzene rings is 2. The normalized spacial score (nSPS) is 10.6. The van der Waals surface area contributed by atoms with Crippen molar-refractivity contribution in [1.29, 1.82) is 0 Å². The summed E-state index contributed by atoms with van der Waals surface area (Å²) in [5.41, 5.74) is 4.53. The molecule has 1 heterocycles. The summed E-state index contributed by atoms with van der Waals surface area (Å²) in [5, 5.41) is 5.87. The number of thiocarbonyl (C=S) groups is 1. The quantitative estimate of drug-likeness (QED) is 0.685. The van der Waals surface area contributed by atoms with Crippen LogP contribution in [0.3, 0.4) is 0 Å². The first-order valence-corrected chi connectivity index (χ1v) is 8.60. The maximum absolute atomic E-state index is 11.3. The molecule has 1 aromatic heterocycles. The number of hydrogen-bond acceptors (Lipinski definition) is 4. The van der Waals surface area contributed by atoms with Gasteiger partial charge in [0.2, 0.25) is 11.8 Å². The molecule has 1 amide bonds. The number of fused-ring (bicyclic) bond motifs is 1. The number of carbonyl (C=O) groups excluding carboxylic acids is 1. The zero-order valence-electron chi connectivity index (χ0n) is 14.1. The SMILES string of the molecule is CCC(=O)NC(=S)Nc1ccc(-c2nc3cc(CC)ccc3o2)cc1. The lowest BCUT2D eigenvalue weighted by Crippen LogP contribution is -2.33. The summed E-state index contributed by atoms with van der Waals surface area (Å²) in [5.74, 6) is 0.462. The summed E-state index contributed by atoms with van der Waals surface area (Å²) in [4.78, 5) is 15.9. The molecule has 6 heteroatoms. The van der Waals surface area contributed by atoms with E-state index in [1.165, 1.54) is 5.56 Å². The monoisotopic (exact) mass is 353 g/mol. The van der Waals surface area contributed by atoms with Crippen molar-refractivity contribution in [2.45, 2.75) is 26.7 Å². The Balaban J connectivity index is 1.76. The number of oxazole rings is 1. The molecule has 0 unspecified atom stereocenters. The number of aryl methyl sites for hydroxylation is 1. The van der Waals surface area contributed by atoms with Gasteiger partial charge in [0.1, 0.15) is 5.52 Å². The van der Waals surface area contributed by atoms with Gasteiger partial charge in [-0.15, -0.1) is 0 Å². The molecule has 0 saturated carbocycles. The Kier molecular flexibility index (Phi) is 5.09. The van der Waals surface area contributed by atoms with Crippen molar-refractivity contribution in [3.63, 3.8) is 0 Å². The van der Waals surface area contributed by atoms with E-state index in [0.717, 1.165) is 28.8 Å². The smallest absolute Gasteiger partial charge is 0.227 e. The average molecular weight is 353 g/mol. The van der Waals surface area contributed by atoms with Crippen molar-refractivity contribution in [2.24, 2.45) is 0 Å². The lowest BCUT2D eigenvalue weighted by atomic mass is 10.1. The van der Waals surface area contributed by atoms with Crippen molar-refractivity contribution >= 4 is 40.0 Å². The molecule has 25 heavy (non-hydrogen) atoms. The minimum absolute atomic E-state index is 0.118. The highest BCUT2D eigenvalue weighted by atomic mass is 32.1. The summed E-state index contributed by atoms with van der Waals surface area (Å²) >= 11 is 5.10. The summed E-state index contributed by atoms with van der Waals surface area (Å²) in [6.45, 7) is 3.89. The first-order chi connectivity index (χ1) is 12.1. The third-order valence-electron chi connectivity index (χ3n) is 3.82. The first-order valence-electron chi connectivity index (χ1n) is 8.19. The van der Waals surface area contributed by atoms with Crippen LogP contribution in [-0.4, -0.2) is 16.0 Å². The van der Waals surface area contributed by atoms with E-state index in [0.29, 0.717) is 12.3 Å². The average Bonchev–Trinajstić information content (AvgIpc) is 3.05. The highest BCUT2D eigenvalue weighted by Crippen LogP contribution is 2.26. The largest absolute Gasteiger partial charge is 0.436 e. The number of aromatic nitrogens is 1. The molecule has 3 aromatic rings. The zero-order valence-corrected chi connectivity index (χ0v) is 14.9. The molecule has 0 atom stereocenters. The molecule has 3 rings (SSSR count). The highest BCUT2D eigenvalue weighted by molar-refractivity contribution is 7.80. The van der Waals surface area contributed by atoms with E-state index in [1.807, 2.05) is 36.4 Å². The van der Waals surface area contributed by atoms with Crippen molar-refractivity contribution in [1.82, 2.24) is 10.3 Å². The van der Waals surface area contributed by atoms with Crippen molar-refractivity contribution < 1.29 is 9.21 Å². The molecule has 0 aliphatic heterocycles. The van der Waals surface area contributed by atoms with E-state index in [-0.39, 0.29) is 11.0 Å². The van der Waals surface area contributed by atoms with Crippen LogP contribution in [0, 0.1) is 0 Å². The van der Waals surface area contributed by atoms with Crippen LogP contribution in [-0.2, 0) is 11.2 Å². The topological polar surface area (TPSA) is 67.2 Å². The minimum atomic E-state index is -0.118. The molecular formula is C19H19N3O2S. The number of rotatable bonds is 4. The number of anilines is 1. The lowest BCUT2D eigenvalue weighted by Gasteiger charge is -2.08. The molecular weight excluding hydrogens is 334 g/mol. The Labute approximate surface area is 151 Å². The molecule has 0 saturated heterocycles. The van der Waals surface area contributed by atoms with Gasteiger partial charge in [0.25, 0.3) is 0 Å². The fourth-order valence-electron chi connectivity index (χ4n) is 2.39. The Morgan fingerprint density at radius 1 is 1.16 bits per heavy atom. The zero-order chi connectivity index (χ0) is 17.8.